The summed E-state index contributed by atoms with van der Waals surface area (Å²) in [4.78, 5) is 2.19. The molecule has 0 amide bonds. The van der Waals surface area contributed by atoms with Crippen molar-refractivity contribution in [1.29, 1.82) is 0 Å². The maximum absolute atomic E-state index is 9.86. The molecule has 0 bridgehead atoms. The monoisotopic (exact) mass is 309 g/mol. The third-order valence-electron chi connectivity index (χ3n) is 4.02. The Morgan fingerprint density at radius 1 is 1.10 bits per heavy atom. The van der Waals surface area contributed by atoms with Gasteiger partial charge in [0.05, 0.1) is 25.4 Å². The first kappa shape index (κ1) is 12.9. The zero-order chi connectivity index (χ0) is 13.6. The van der Waals surface area contributed by atoms with Crippen molar-refractivity contribution in [1.82, 2.24) is 4.90 Å². The zero-order valence-electron chi connectivity index (χ0n) is 10.8. The van der Waals surface area contributed by atoms with Gasteiger partial charge in [-0.2, -0.15) is 22.7 Å². The SMILES string of the molecule is OCC12CO[C@H](c3ccsc3)N1[C@H](c1ccsc1)OC2. The zero-order valence-corrected chi connectivity index (χ0v) is 12.4. The van der Waals surface area contributed by atoms with E-state index in [0.717, 1.165) is 11.1 Å². The molecule has 0 spiro atoms. The molecular formula is C14H15NO3S2. The quantitative estimate of drug-likeness (QED) is 0.946. The Morgan fingerprint density at radius 3 is 2.05 bits per heavy atom. The number of hydrogen-bond donors (Lipinski definition) is 1. The number of nitrogens with zero attached hydrogens (tertiary/aromatic N) is 1. The standard InChI is InChI=1S/C14H15NO3S2/c16-7-14-8-17-12(10-1-3-19-5-10)15(14)13(18-9-14)11-2-4-20-6-11/h1-6,12-13,16H,7-9H2/t12-,13+,14?. The summed E-state index contributed by atoms with van der Waals surface area (Å²) < 4.78 is 12.0. The van der Waals surface area contributed by atoms with Crippen LogP contribution in [0.15, 0.2) is 33.7 Å². The minimum atomic E-state index is -0.417. The highest BCUT2D eigenvalue weighted by atomic mass is 32.1. The molecule has 0 aromatic carbocycles. The van der Waals surface area contributed by atoms with Gasteiger partial charge in [0, 0.05) is 11.1 Å². The van der Waals surface area contributed by atoms with Gasteiger partial charge < -0.3 is 14.6 Å². The number of aliphatic hydroxyl groups is 1. The molecular weight excluding hydrogens is 294 g/mol. The predicted octanol–water partition coefficient (Wildman–Crippen LogP) is 2.60. The second-order valence-corrected chi connectivity index (χ2v) is 6.79. The molecule has 1 unspecified atom stereocenters. The topological polar surface area (TPSA) is 41.9 Å². The molecule has 6 heteroatoms. The van der Waals surface area contributed by atoms with Crippen LogP contribution in [0.4, 0.5) is 0 Å². The van der Waals surface area contributed by atoms with Crippen LogP contribution in [0.1, 0.15) is 23.6 Å². The number of thiophene rings is 2. The van der Waals surface area contributed by atoms with E-state index < -0.39 is 5.54 Å². The van der Waals surface area contributed by atoms with Crippen molar-refractivity contribution in [2.24, 2.45) is 0 Å². The van der Waals surface area contributed by atoms with Crippen LogP contribution in [0.5, 0.6) is 0 Å². The summed E-state index contributed by atoms with van der Waals surface area (Å²) >= 11 is 3.32. The van der Waals surface area contributed by atoms with Gasteiger partial charge in [-0.25, -0.2) is 4.90 Å². The van der Waals surface area contributed by atoms with E-state index in [1.807, 2.05) is 10.8 Å². The fraction of sp³-hybridized carbons (Fsp3) is 0.429. The van der Waals surface area contributed by atoms with Crippen molar-refractivity contribution in [3.8, 4) is 0 Å². The van der Waals surface area contributed by atoms with Gasteiger partial charge in [0.1, 0.15) is 12.5 Å². The first-order chi connectivity index (χ1) is 9.84. The number of rotatable bonds is 3. The molecule has 2 aromatic rings. The van der Waals surface area contributed by atoms with Gasteiger partial charge in [-0.05, 0) is 33.7 Å². The van der Waals surface area contributed by atoms with Crippen LogP contribution in [-0.4, -0.2) is 35.4 Å². The normalized spacial score (nSPS) is 33.6. The van der Waals surface area contributed by atoms with Gasteiger partial charge >= 0.3 is 0 Å². The van der Waals surface area contributed by atoms with Gasteiger partial charge in [0.25, 0.3) is 0 Å². The number of aliphatic hydroxyl groups excluding tert-OH is 1. The fourth-order valence-corrected chi connectivity index (χ4v) is 4.29. The van der Waals surface area contributed by atoms with Crippen molar-refractivity contribution in [2.45, 2.75) is 18.0 Å². The Bertz CT molecular complexity index is 523. The molecule has 3 atom stereocenters. The summed E-state index contributed by atoms with van der Waals surface area (Å²) in [5.74, 6) is 0. The van der Waals surface area contributed by atoms with Gasteiger partial charge in [-0.3, -0.25) is 0 Å². The van der Waals surface area contributed by atoms with Crippen molar-refractivity contribution < 1.29 is 14.6 Å². The highest BCUT2D eigenvalue weighted by Crippen LogP contribution is 2.49. The smallest absolute Gasteiger partial charge is 0.140 e. The average Bonchev–Trinajstić information content (AvgIpc) is 3.22. The molecule has 2 fully saturated rings. The Morgan fingerprint density at radius 2 is 1.65 bits per heavy atom. The van der Waals surface area contributed by atoms with E-state index in [2.05, 4.69) is 27.8 Å². The lowest BCUT2D eigenvalue weighted by Gasteiger charge is -2.32. The van der Waals surface area contributed by atoms with Gasteiger partial charge in [-0.15, -0.1) is 0 Å². The van der Waals surface area contributed by atoms with E-state index in [0.29, 0.717) is 13.2 Å². The molecule has 2 saturated heterocycles. The third kappa shape index (κ3) is 1.80. The average molecular weight is 309 g/mol. The molecule has 2 aliphatic heterocycles. The molecule has 2 aliphatic rings. The first-order valence-electron chi connectivity index (χ1n) is 6.51. The van der Waals surface area contributed by atoms with E-state index in [9.17, 15) is 5.11 Å². The molecule has 4 nitrogen and oxygen atoms in total. The van der Waals surface area contributed by atoms with E-state index in [-0.39, 0.29) is 19.1 Å². The maximum atomic E-state index is 9.86. The Labute approximate surface area is 125 Å². The molecule has 0 aliphatic carbocycles. The van der Waals surface area contributed by atoms with Crippen LogP contribution in [0.3, 0.4) is 0 Å². The molecule has 4 rings (SSSR count). The van der Waals surface area contributed by atoms with Gasteiger partial charge in [0.15, 0.2) is 0 Å². The second kappa shape index (κ2) is 4.91. The van der Waals surface area contributed by atoms with Gasteiger partial charge in [-0.1, -0.05) is 0 Å². The summed E-state index contributed by atoms with van der Waals surface area (Å²) in [5.41, 5.74) is 1.85. The van der Waals surface area contributed by atoms with Crippen LogP contribution in [0, 0.1) is 0 Å². The highest BCUT2D eigenvalue weighted by Gasteiger charge is 2.56. The summed E-state index contributed by atoms with van der Waals surface area (Å²) in [7, 11) is 0. The van der Waals surface area contributed by atoms with Gasteiger partial charge in [0.2, 0.25) is 0 Å². The number of hydrogen-bond acceptors (Lipinski definition) is 6. The molecule has 106 valence electrons. The summed E-state index contributed by atoms with van der Waals surface area (Å²) in [6.07, 6.45) is -0.276. The minimum absolute atomic E-state index is 0.0499. The fourth-order valence-electron chi connectivity index (χ4n) is 2.96. The lowest BCUT2D eigenvalue weighted by atomic mass is 10.0. The minimum Gasteiger partial charge on any atom is -0.394 e. The summed E-state index contributed by atoms with van der Waals surface area (Å²) in [5, 5.41) is 18.2. The van der Waals surface area contributed by atoms with Crippen molar-refractivity contribution in [3.63, 3.8) is 0 Å². The predicted molar refractivity (Wildman–Crippen MR) is 77.7 cm³/mol. The number of ether oxygens (including phenoxy) is 2. The van der Waals surface area contributed by atoms with Crippen LogP contribution in [0.25, 0.3) is 0 Å². The van der Waals surface area contributed by atoms with Crippen molar-refractivity contribution in [2.75, 3.05) is 19.8 Å². The summed E-state index contributed by atoms with van der Waals surface area (Å²) in [6, 6.07) is 4.15. The molecule has 0 saturated carbocycles. The lowest BCUT2D eigenvalue weighted by Crippen LogP contribution is -2.47. The molecule has 4 heterocycles. The van der Waals surface area contributed by atoms with E-state index in [1.165, 1.54) is 0 Å². The van der Waals surface area contributed by atoms with E-state index >= 15 is 0 Å². The largest absolute Gasteiger partial charge is 0.394 e. The van der Waals surface area contributed by atoms with Crippen LogP contribution < -0.4 is 0 Å². The Kier molecular flexibility index (Phi) is 3.17. The van der Waals surface area contributed by atoms with Crippen molar-refractivity contribution >= 4 is 22.7 Å². The molecule has 2 aromatic heterocycles. The number of fused-ring (bicyclic) bond motifs is 1. The Balaban J connectivity index is 1.74. The molecule has 0 radical (unpaired) electrons. The molecule has 20 heavy (non-hydrogen) atoms. The van der Waals surface area contributed by atoms with E-state index in [1.54, 1.807) is 22.7 Å². The maximum Gasteiger partial charge on any atom is 0.140 e. The third-order valence-corrected chi connectivity index (χ3v) is 5.43. The summed E-state index contributed by atoms with van der Waals surface area (Å²) in [6.45, 7) is 1.06. The van der Waals surface area contributed by atoms with Crippen molar-refractivity contribution in [3.05, 3.63) is 44.8 Å². The van der Waals surface area contributed by atoms with Crippen LogP contribution in [-0.2, 0) is 9.47 Å². The molecule has 1 N–H and O–H groups in total. The lowest BCUT2D eigenvalue weighted by molar-refractivity contribution is -0.0626. The second-order valence-electron chi connectivity index (χ2n) is 5.23. The highest BCUT2D eigenvalue weighted by molar-refractivity contribution is 7.08. The van der Waals surface area contributed by atoms with Crippen LogP contribution in [0.2, 0.25) is 0 Å². The van der Waals surface area contributed by atoms with Crippen LogP contribution >= 0.6 is 22.7 Å². The first-order valence-corrected chi connectivity index (χ1v) is 8.39. The van der Waals surface area contributed by atoms with E-state index in [4.69, 9.17) is 9.47 Å². The Hall–Kier alpha value is -0.760.